The number of fused-ring (bicyclic) bond motifs is 1. The number of aromatic nitrogens is 1. The van der Waals surface area contributed by atoms with E-state index in [4.69, 9.17) is 0 Å². The molecule has 1 unspecified atom stereocenters. The highest BCUT2D eigenvalue weighted by Crippen LogP contribution is 2.19. The van der Waals surface area contributed by atoms with Crippen LogP contribution in [0, 0.1) is 11.6 Å². The normalized spacial score (nSPS) is 12.1. The van der Waals surface area contributed by atoms with E-state index >= 15 is 0 Å². The van der Waals surface area contributed by atoms with Crippen LogP contribution in [0.1, 0.15) is 22.2 Å². The van der Waals surface area contributed by atoms with E-state index in [1.54, 1.807) is 18.2 Å². The highest BCUT2D eigenvalue weighted by molar-refractivity contribution is 6.05. The zero-order chi connectivity index (χ0) is 17.1. The third-order valence-electron chi connectivity index (χ3n) is 3.67. The molecule has 0 saturated carbocycles. The highest BCUT2D eigenvalue weighted by Gasteiger charge is 2.17. The predicted octanol–water partition coefficient (Wildman–Crippen LogP) is 2.98. The van der Waals surface area contributed by atoms with Crippen molar-refractivity contribution in [3.05, 3.63) is 77.6 Å². The summed E-state index contributed by atoms with van der Waals surface area (Å²) in [4.78, 5) is 16.4. The van der Waals surface area contributed by atoms with Crippen LogP contribution in [0.4, 0.5) is 8.78 Å². The fraction of sp³-hybridized carbons (Fsp3) is 0.111. The largest absolute Gasteiger partial charge is 0.386 e. The predicted molar refractivity (Wildman–Crippen MR) is 85.4 cm³/mol. The van der Waals surface area contributed by atoms with Gasteiger partial charge in [0.25, 0.3) is 5.91 Å². The Bertz CT molecular complexity index is 894. The molecule has 122 valence electrons. The molecule has 1 heterocycles. The van der Waals surface area contributed by atoms with Crippen LogP contribution in [0.25, 0.3) is 10.8 Å². The maximum Gasteiger partial charge on any atom is 0.270 e. The van der Waals surface area contributed by atoms with E-state index < -0.39 is 23.6 Å². The van der Waals surface area contributed by atoms with Gasteiger partial charge in [0.2, 0.25) is 0 Å². The van der Waals surface area contributed by atoms with Crippen LogP contribution in [0.15, 0.2) is 54.7 Å². The van der Waals surface area contributed by atoms with Gasteiger partial charge in [-0.05, 0) is 17.5 Å². The van der Waals surface area contributed by atoms with Gasteiger partial charge in [0.05, 0.1) is 6.10 Å². The average molecular weight is 328 g/mol. The summed E-state index contributed by atoms with van der Waals surface area (Å²) in [6, 6.07) is 12.0. The maximum atomic E-state index is 13.6. The van der Waals surface area contributed by atoms with Gasteiger partial charge in [-0.25, -0.2) is 8.78 Å². The molecule has 1 aromatic heterocycles. The Hall–Kier alpha value is -2.86. The van der Waals surface area contributed by atoms with Crippen LogP contribution >= 0.6 is 0 Å². The van der Waals surface area contributed by atoms with Crippen molar-refractivity contribution in [2.75, 3.05) is 6.54 Å². The van der Waals surface area contributed by atoms with Gasteiger partial charge in [-0.3, -0.25) is 9.78 Å². The summed E-state index contributed by atoms with van der Waals surface area (Å²) in [5.74, 6) is -2.07. The van der Waals surface area contributed by atoms with Crippen LogP contribution in [-0.2, 0) is 0 Å². The lowest BCUT2D eigenvalue weighted by atomic mass is 10.1. The summed E-state index contributed by atoms with van der Waals surface area (Å²) in [7, 11) is 0. The number of aliphatic hydroxyl groups is 1. The van der Waals surface area contributed by atoms with E-state index in [-0.39, 0.29) is 17.8 Å². The van der Waals surface area contributed by atoms with Crippen molar-refractivity contribution in [3.8, 4) is 0 Å². The van der Waals surface area contributed by atoms with E-state index in [1.807, 2.05) is 12.1 Å². The molecule has 0 radical (unpaired) electrons. The SMILES string of the molecule is O=C(NCC(O)c1ccc(F)cc1F)c1nccc2ccccc12. The molecule has 2 N–H and O–H groups in total. The number of pyridine rings is 1. The van der Waals surface area contributed by atoms with Gasteiger partial charge in [0, 0.05) is 29.8 Å². The number of nitrogens with one attached hydrogen (secondary N) is 1. The fourth-order valence-corrected chi connectivity index (χ4v) is 2.46. The molecular formula is C18H14F2N2O2. The molecule has 2 aromatic carbocycles. The minimum atomic E-state index is -1.29. The number of hydrogen-bond donors (Lipinski definition) is 2. The van der Waals surface area contributed by atoms with Gasteiger partial charge in [-0.2, -0.15) is 0 Å². The van der Waals surface area contributed by atoms with Crippen LogP contribution in [0.5, 0.6) is 0 Å². The van der Waals surface area contributed by atoms with Gasteiger partial charge in [0.15, 0.2) is 0 Å². The molecule has 0 saturated heterocycles. The van der Waals surface area contributed by atoms with Crippen LogP contribution in [-0.4, -0.2) is 22.5 Å². The minimum absolute atomic E-state index is 0.0809. The van der Waals surface area contributed by atoms with Crippen molar-refractivity contribution in [1.82, 2.24) is 10.3 Å². The second-order valence-electron chi connectivity index (χ2n) is 5.27. The number of carbonyl (C=O) groups is 1. The average Bonchev–Trinajstić information content (AvgIpc) is 2.59. The highest BCUT2D eigenvalue weighted by atomic mass is 19.1. The third-order valence-corrected chi connectivity index (χ3v) is 3.67. The second-order valence-corrected chi connectivity index (χ2v) is 5.27. The van der Waals surface area contributed by atoms with E-state index in [9.17, 15) is 18.7 Å². The number of amides is 1. The first-order valence-corrected chi connectivity index (χ1v) is 7.31. The Morgan fingerprint density at radius 3 is 2.75 bits per heavy atom. The van der Waals surface area contributed by atoms with Crippen LogP contribution in [0.3, 0.4) is 0 Å². The Morgan fingerprint density at radius 1 is 1.17 bits per heavy atom. The number of carbonyl (C=O) groups excluding carboxylic acids is 1. The van der Waals surface area contributed by atoms with Gasteiger partial charge in [-0.15, -0.1) is 0 Å². The monoisotopic (exact) mass is 328 g/mol. The van der Waals surface area contributed by atoms with E-state index in [0.29, 0.717) is 11.5 Å². The topological polar surface area (TPSA) is 62.2 Å². The lowest BCUT2D eigenvalue weighted by molar-refractivity contribution is 0.0911. The molecule has 0 fully saturated rings. The number of benzene rings is 2. The molecule has 0 aliphatic rings. The minimum Gasteiger partial charge on any atom is -0.386 e. The van der Waals surface area contributed by atoms with Gasteiger partial charge in [0.1, 0.15) is 17.3 Å². The quantitative estimate of drug-likeness (QED) is 0.774. The molecule has 6 heteroatoms. The summed E-state index contributed by atoms with van der Waals surface area (Å²) in [5, 5.41) is 14.1. The molecule has 1 amide bonds. The molecule has 4 nitrogen and oxygen atoms in total. The number of halogens is 2. The van der Waals surface area contributed by atoms with Crippen LogP contribution in [0.2, 0.25) is 0 Å². The Kier molecular flexibility index (Phi) is 4.48. The fourth-order valence-electron chi connectivity index (χ4n) is 2.46. The standard InChI is InChI=1S/C18H14F2N2O2/c19-12-5-6-14(15(20)9-12)16(23)10-22-18(24)17-13-4-2-1-3-11(13)7-8-21-17/h1-9,16,23H,10H2,(H,22,24). The molecule has 0 spiro atoms. The van der Waals surface area contributed by atoms with Crippen LogP contribution < -0.4 is 5.32 Å². The summed E-state index contributed by atoms with van der Waals surface area (Å²) in [6.45, 7) is -0.216. The number of hydrogen-bond acceptors (Lipinski definition) is 3. The van der Waals surface area contributed by atoms with Crippen molar-refractivity contribution in [2.24, 2.45) is 0 Å². The maximum absolute atomic E-state index is 13.6. The van der Waals surface area contributed by atoms with Crippen molar-refractivity contribution >= 4 is 16.7 Å². The molecule has 0 bridgehead atoms. The van der Waals surface area contributed by atoms with Crippen molar-refractivity contribution < 1.29 is 18.7 Å². The van der Waals surface area contributed by atoms with E-state index in [0.717, 1.165) is 17.5 Å². The van der Waals surface area contributed by atoms with Crippen molar-refractivity contribution in [3.63, 3.8) is 0 Å². The zero-order valence-electron chi connectivity index (χ0n) is 12.5. The Labute approximate surface area is 136 Å². The smallest absolute Gasteiger partial charge is 0.270 e. The Balaban J connectivity index is 1.75. The molecule has 3 aromatic rings. The summed E-state index contributed by atoms with van der Waals surface area (Å²) in [5.41, 5.74) is 0.141. The molecule has 0 aliphatic carbocycles. The number of rotatable bonds is 4. The summed E-state index contributed by atoms with van der Waals surface area (Å²) in [6.07, 6.45) is 0.234. The van der Waals surface area contributed by atoms with Gasteiger partial charge >= 0.3 is 0 Å². The third kappa shape index (κ3) is 3.23. The zero-order valence-corrected chi connectivity index (χ0v) is 12.5. The first-order chi connectivity index (χ1) is 11.6. The molecular weight excluding hydrogens is 314 g/mol. The molecule has 24 heavy (non-hydrogen) atoms. The van der Waals surface area contributed by atoms with Crippen molar-refractivity contribution in [2.45, 2.75) is 6.10 Å². The van der Waals surface area contributed by atoms with Gasteiger partial charge in [-0.1, -0.05) is 30.3 Å². The molecule has 3 rings (SSSR count). The summed E-state index contributed by atoms with van der Waals surface area (Å²) >= 11 is 0. The van der Waals surface area contributed by atoms with E-state index in [1.165, 1.54) is 6.20 Å². The second kappa shape index (κ2) is 6.72. The lowest BCUT2D eigenvalue weighted by Crippen LogP contribution is -2.29. The lowest BCUT2D eigenvalue weighted by Gasteiger charge is -2.13. The first kappa shape index (κ1) is 16.0. The number of aliphatic hydroxyl groups excluding tert-OH is 1. The van der Waals surface area contributed by atoms with E-state index in [2.05, 4.69) is 10.3 Å². The first-order valence-electron chi connectivity index (χ1n) is 7.31. The Morgan fingerprint density at radius 2 is 1.96 bits per heavy atom. The molecule has 1 atom stereocenters. The van der Waals surface area contributed by atoms with Gasteiger partial charge < -0.3 is 10.4 Å². The summed E-state index contributed by atoms with van der Waals surface area (Å²) < 4.78 is 26.5. The number of nitrogens with zero attached hydrogens (tertiary/aromatic N) is 1. The van der Waals surface area contributed by atoms with Crippen molar-refractivity contribution in [1.29, 1.82) is 0 Å². The molecule has 0 aliphatic heterocycles.